The van der Waals surface area contributed by atoms with E-state index in [4.69, 9.17) is 0 Å². The van der Waals surface area contributed by atoms with E-state index in [1.165, 1.54) is 0 Å². The summed E-state index contributed by atoms with van der Waals surface area (Å²) >= 11 is 0. The Balaban J connectivity index is 3.18. The minimum Gasteiger partial charge on any atom is -0.342 e. The molecule has 0 atom stereocenters. The second-order valence-electron chi connectivity index (χ2n) is 4.47. The van der Waals surface area contributed by atoms with Crippen molar-refractivity contribution in [3.05, 3.63) is 48.6 Å². The lowest BCUT2D eigenvalue weighted by Crippen LogP contribution is -2.45. The van der Waals surface area contributed by atoms with Crippen LogP contribution in [0, 0.1) is 0 Å². The fourth-order valence-corrected chi connectivity index (χ4v) is 2.03. The lowest BCUT2D eigenvalue weighted by molar-refractivity contribution is -0.119. The number of hydrogen-bond acceptors (Lipinski definition) is 1. The van der Waals surface area contributed by atoms with Crippen LogP contribution in [0.1, 0.15) is 26.7 Å². The summed E-state index contributed by atoms with van der Waals surface area (Å²) in [7, 11) is 0. The van der Waals surface area contributed by atoms with Crippen LogP contribution in [0.5, 0.6) is 0 Å². The second-order valence-corrected chi connectivity index (χ2v) is 4.47. The van der Waals surface area contributed by atoms with E-state index in [-0.39, 0.29) is 5.91 Å². The van der Waals surface area contributed by atoms with Gasteiger partial charge >= 0.3 is 0 Å². The van der Waals surface area contributed by atoms with Crippen molar-refractivity contribution in [2.24, 2.45) is 0 Å². The molecule has 0 aromatic rings. The maximum Gasteiger partial charge on any atom is 0.221 e. The van der Waals surface area contributed by atoms with Gasteiger partial charge in [-0.15, -0.1) is 0 Å². The van der Waals surface area contributed by atoms with Crippen LogP contribution >= 0.6 is 0 Å². The summed E-state index contributed by atoms with van der Waals surface area (Å²) in [5.41, 5.74) is 2.82. The van der Waals surface area contributed by atoms with Crippen LogP contribution in [0.2, 0.25) is 0 Å². The van der Waals surface area contributed by atoms with Gasteiger partial charge in [0.1, 0.15) is 0 Å². The van der Waals surface area contributed by atoms with Crippen molar-refractivity contribution in [3.63, 3.8) is 0 Å². The predicted octanol–water partition coefficient (Wildman–Crippen LogP) is 2.90. The molecule has 0 aliphatic carbocycles. The zero-order valence-corrected chi connectivity index (χ0v) is 10.2. The van der Waals surface area contributed by atoms with Crippen molar-refractivity contribution in [2.75, 3.05) is 0 Å². The van der Waals surface area contributed by atoms with Crippen LogP contribution in [0.15, 0.2) is 48.6 Å². The third-order valence-corrected chi connectivity index (χ3v) is 3.14. The van der Waals surface area contributed by atoms with Gasteiger partial charge in [0, 0.05) is 6.42 Å². The highest BCUT2D eigenvalue weighted by Crippen LogP contribution is 2.38. The van der Waals surface area contributed by atoms with Crippen LogP contribution in [0.3, 0.4) is 0 Å². The van der Waals surface area contributed by atoms with Crippen molar-refractivity contribution in [3.8, 4) is 0 Å². The molecule has 0 aromatic heterocycles. The fourth-order valence-electron chi connectivity index (χ4n) is 2.03. The lowest BCUT2D eigenvalue weighted by atomic mass is 9.77. The van der Waals surface area contributed by atoms with Gasteiger partial charge in [-0.05, 0) is 31.4 Å². The average Bonchev–Trinajstić information content (AvgIpc) is 2.59. The highest BCUT2D eigenvalue weighted by molar-refractivity contribution is 5.82. The number of carbonyl (C=O) groups excluding carboxylic acids is 1. The van der Waals surface area contributed by atoms with Gasteiger partial charge in [0.25, 0.3) is 0 Å². The number of carbonyl (C=O) groups is 1. The molecule has 1 aliphatic rings. The molecule has 0 unspecified atom stereocenters. The smallest absolute Gasteiger partial charge is 0.221 e. The number of amides is 1. The van der Waals surface area contributed by atoms with Crippen molar-refractivity contribution >= 4 is 5.91 Å². The molecule has 2 heteroatoms. The zero-order chi connectivity index (χ0) is 12.5. The summed E-state index contributed by atoms with van der Waals surface area (Å²) in [5, 5.41) is 2.97. The molecule has 16 heavy (non-hydrogen) atoms. The first-order valence-corrected chi connectivity index (χ1v) is 5.33. The average molecular weight is 217 g/mol. The molecule has 1 rings (SSSR count). The molecule has 0 radical (unpaired) electrons. The highest BCUT2D eigenvalue weighted by Gasteiger charge is 2.42. The Morgan fingerprint density at radius 1 is 1.12 bits per heavy atom. The third kappa shape index (κ3) is 1.87. The Morgan fingerprint density at radius 3 is 1.81 bits per heavy atom. The Labute approximate surface area is 97.4 Å². The van der Waals surface area contributed by atoms with Crippen molar-refractivity contribution in [1.29, 1.82) is 0 Å². The molecule has 0 saturated carbocycles. The van der Waals surface area contributed by atoms with Gasteiger partial charge in [0.15, 0.2) is 0 Å². The molecule has 1 amide bonds. The predicted molar refractivity (Wildman–Crippen MR) is 68.0 cm³/mol. The Kier molecular flexibility index (Phi) is 3.22. The van der Waals surface area contributed by atoms with E-state index in [0.717, 1.165) is 22.3 Å². The van der Waals surface area contributed by atoms with Crippen LogP contribution < -0.4 is 5.32 Å². The molecule has 0 spiro atoms. The SMILES string of the molecule is C=C(C)C(=C)C1(C(=C)C(=C)C)CCC(=O)N1. The lowest BCUT2D eigenvalue weighted by Gasteiger charge is -2.34. The Bertz CT molecular complexity index is 375. The van der Waals surface area contributed by atoms with Gasteiger partial charge < -0.3 is 5.32 Å². The first-order valence-electron chi connectivity index (χ1n) is 5.33. The molecule has 0 aromatic carbocycles. The van der Waals surface area contributed by atoms with Crippen LogP contribution in [0.4, 0.5) is 0 Å². The summed E-state index contributed by atoms with van der Waals surface area (Å²) in [4.78, 5) is 11.5. The van der Waals surface area contributed by atoms with Crippen molar-refractivity contribution < 1.29 is 4.79 Å². The number of hydrogen-bond donors (Lipinski definition) is 1. The molecular weight excluding hydrogens is 198 g/mol. The molecule has 1 heterocycles. The second kappa shape index (κ2) is 4.12. The first-order chi connectivity index (χ1) is 7.31. The largest absolute Gasteiger partial charge is 0.342 e. The van der Waals surface area contributed by atoms with Crippen LogP contribution in [0.25, 0.3) is 0 Å². The van der Waals surface area contributed by atoms with Crippen molar-refractivity contribution in [2.45, 2.75) is 32.2 Å². The summed E-state index contributed by atoms with van der Waals surface area (Å²) in [6, 6.07) is 0. The molecule has 0 bridgehead atoms. The zero-order valence-electron chi connectivity index (χ0n) is 10.2. The van der Waals surface area contributed by atoms with Gasteiger partial charge in [-0.3, -0.25) is 4.79 Å². The molecule has 1 fully saturated rings. The monoisotopic (exact) mass is 217 g/mol. The van der Waals surface area contributed by atoms with Crippen LogP contribution in [-0.2, 0) is 4.79 Å². The van der Waals surface area contributed by atoms with E-state index >= 15 is 0 Å². The Hall–Kier alpha value is -1.57. The van der Waals surface area contributed by atoms with Gasteiger partial charge in [0.2, 0.25) is 5.91 Å². The molecule has 1 aliphatic heterocycles. The van der Waals surface area contributed by atoms with E-state index in [1.54, 1.807) is 0 Å². The minimum absolute atomic E-state index is 0.0322. The normalized spacial score (nSPS) is 17.8. The van der Waals surface area contributed by atoms with E-state index in [2.05, 4.69) is 31.6 Å². The third-order valence-electron chi connectivity index (χ3n) is 3.14. The standard InChI is InChI=1S/C14H19NO/c1-9(2)11(5)14(12(6)10(3)4)8-7-13(16)15-14/h1,3,5-8H2,2,4H3,(H,15,16). The minimum atomic E-state index is -0.561. The maximum absolute atomic E-state index is 11.5. The molecule has 1 N–H and O–H groups in total. The number of nitrogens with one attached hydrogen (secondary N) is 1. The quantitative estimate of drug-likeness (QED) is 0.721. The summed E-state index contributed by atoms with van der Waals surface area (Å²) in [6.07, 6.45) is 1.18. The first kappa shape index (κ1) is 12.5. The molecule has 2 nitrogen and oxygen atoms in total. The van der Waals surface area contributed by atoms with Gasteiger partial charge in [0.05, 0.1) is 5.54 Å². The maximum atomic E-state index is 11.5. The molecule has 86 valence electrons. The summed E-state index contributed by atoms with van der Waals surface area (Å²) < 4.78 is 0. The molecule has 1 saturated heterocycles. The molecular formula is C14H19NO. The van der Waals surface area contributed by atoms with E-state index in [0.29, 0.717) is 12.8 Å². The van der Waals surface area contributed by atoms with Gasteiger partial charge in [-0.1, -0.05) is 37.5 Å². The van der Waals surface area contributed by atoms with Gasteiger partial charge in [-0.2, -0.15) is 0 Å². The Morgan fingerprint density at radius 2 is 1.56 bits per heavy atom. The van der Waals surface area contributed by atoms with E-state index < -0.39 is 5.54 Å². The number of rotatable bonds is 4. The van der Waals surface area contributed by atoms with E-state index in [1.807, 2.05) is 13.8 Å². The summed E-state index contributed by atoms with van der Waals surface area (Å²) in [6.45, 7) is 19.6. The summed E-state index contributed by atoms with van der Waals surface area (Å²) in [5.74, 6) is 0.0322. The topological polar surface area (TPSA) is 29.1 Å². The van der Waals surface area contributed by atoms with Gasteiger partial charge in [-0.25, -0.2) is 0 Å². The fraction of sp³-hybridized carbons (Fsp3) is 0.357. The highest BCUT2D eigenvalue weighted by atomic mass is 16.2. The van der Waals surface area contributed by atoms with E-state index in [9.17, 15) is 4.79 Å². The van der Waals surface area contributed by atoms with Crippen molar-refractivity contribution in [1.82, 2.24) is 5.32 Å². The van der Waals surface area contributed by atoms with Crippen LogP contribution in [-0.4, -0.2) is 11.4 Å².